The number of hydrogen-bond acceptors (Lipinski definition) is 6. The smallest absolute Gasteiger partial charge is 0.475 e. The summed E-state index contributed by atoms with van der Waals surface area (Å²) in [7, 11) is 0. The van der Waals surface area contributed by atoms with Crippen LogP contribution < -0.4 is 0 Å². The summed E-state index contributed by atoms with van der Waals surface area (Å²) in [6, 6.07) is 1.94. The molecule has 0 radical (unpaired) electrons. The zero-order valence-electron chi connectivity index (χ0n) is 18.0. The van der Waals surface area contributed by atoms with E-state index < -0.39 is 12.1 Å². The third-order valence-electron chi connectivity index (χ3n) is 6.03. The van der Waals surface area contributed by atoms with Crippen LogP contribution in [0, 0.1) is 6.92 Å². The molecule has 1 saturated carbocycles. The SMILES string of the molecule is Cc1ccoc1C(=O)N1CCO[C@H]2[C@H](OCCN3CCCC3)CC[C@@H]21.O=C(O)C(F)(F)F. The number of ether oxygens (including phenoxy) is 2. The summed E-state index contributed by atoms with van der Waals surface area (Å²) >= 11 is 0. The molecule has 0 bridgehead atoms. The van der Waals surface area contributed by atoms with Gasteiger partial charge in [0.1, 0.15) is 6.10 Å². The van der Waals surface area contributed by atoms with Gasteiger partial charge in [-0.1, -0.05) is 0 Å². The van der Waals surface area contributed by atoms with Gasteiger partial charge in [-0.15, -0.1) is 0 Å². The van der Waals surface area contributed by atoms with Gasteiger partial charge in [-0.3, -0.25) is 4.79 Å². The molecule has 11 heteroatoms. The highest BCUT2D eigenvalue weighted by molar-refractivity contribution is 5.93. The van der Waals surface area contributed by atoms with Gasteiger partial charge in [-0.25, -0.2) is 4.79 Å². The van der Waals surface area contributed by atoms with Crippen LogP contribution in [0.15, 0.2) is 16.7 Å². The molecule has 1 amide bonds. The lowest BCUT2D eigenvalue weighted by atomic mass is 10.1. The average Bonchev–Trinajstić information content (AvgIpc) is 3.49. The maximum Gasteiger partial charge on any atom is 0.490 e. The topological polar surface area (TPSA) is 92.5 Å². The fourth-order valence-corrected chi connectivity index (χ4v) is 4.41. The maximum absolute atomic E-state index is 12.8. The van der Waals surface area contributed by atoms with Gasteiger partial charge in [-0.2, -0.15) is 13.2 Å². The molecule has 3 atom stereocenters. The van der Waals surface area contributed by atoms with Crippen molar-refractivity contribution in [3.05, 3.63) is 23.7 Å². The molecule has 1 aliphatic carbocycles. The lowest BCUT2D eigenvalue weighted by Gasteiger charge is -2.38. The number of fused-ring (bicyclic) bond motifs is 1. The third kappa shape index (κ3) is 6.02. The Morgan fingerprint density at radius 3 is 2.50 bits per heavy atom. The number of carboxylic acid groups (broad SMARTS) is 1. The normalized spacial score (nSPS) is 25.9. The molecule has 0 aromatic carbocycles. The Kier molecular flexibility index (Phi) is 8.18. The van der Waals surface area contributed by atoms with Crippen molar-refractivity contribution in [2.75, 3.05) is 39.4 Å². The first-order valence-corrected chi connectivity index (χ1v) is 10.8. The number of morpholine rings is 1. The van der Waals surface area contributed by atoms with E-state index in [1.54, 1.807) is 6.26 Å². The van der Waals surface area contributed by atoms with Crippen molar-refractivity contribution < 1.29 is 41.8 Å². The first-order chi connectivity index (χ1) is 15.2. The molecule has 2 saturated heterocycles. The summed E-state index contributed by atoms with van der Waals surface area (Å²) < 4.78 is 49.3. The Morgan fingerprint density at radius 2 is 1.91 bits per heavy atom. The van der Waals surface area contributed by atoms with Crippen LogP contribution in [0.3, 0.4) is 0 Å². The highest BCUT2D eigenvalue weighted by atomic mass is 19.4. The van der Waals surface area contributed by atoms with Gasteiger partial charge in [0.15, 0.2) is 5.76 Å². The molecule has 3 aliphatic rings. The van der Waals surface area contributed by atoms with Crippen LogP contribution >= 0.6 is 0 Å². The van der Waals surface area contributed by atoms with Crippen LogP contribution in [0.1, 0.15) is 41.8 Å². The number of carbonyl (C=O) groups is 2. The van der Waals surface area contributed by atoms with Crippen molar-refractivity contribution in [3.63, 3.8) is 0 Å². The van der Waals surface area contributed by atoms with Crippen LogP contribution in [0.5, 0.6) is 0 Å². The van der Waals surface area contributed by atoms with Gasteiger partial charge in [0.05, 0.1) is 31.6 Å². The van der Waals surface area contributed by atoms with Crippen molar-refractivity contribution in [3.8, 4) is 0 Å². The van der Waals surface area contributed by atoms with E-state index in [9.17, 15) is 18.0 Å². The number of carbonyl (C=O) groups excluding carboxylic acids is 1. The first kappa shape index (κ1) is 24.5. The van der Waals surface area contributed by atoms with Crippen LogP contribution in [0.4, 0.5) is 13.2 Å². The van der Waals surface area contributed by atoms with Gasteiger partial charge in [0, 0.05) is 18.7 Å². The molecule has 3 heterocycles. The molecule has 1 aromatic heterocycles. The standard InChI is InChI=1S/C19H28N2O4.C2HF3O2/c1-14-6-11-24-17(14)19(22)21-10-13-25-18-15(21)4-5-16(18)23-12-9-20-7-2-3-8-20;3-2(4,5)1(6)7/h6,11,15-16,18H,2-5,7-10,12-13H2,1H3;(H,6,7)/t15-,16+,18+;/m0./s1. The van der Waals surface area contributed by atoms with Crippen molar-refractivity contribution in [2.45, 2.75) is 57.0 Å². The van der Waals surface area contributed by atoms with E-state index in [2.05, 4.69) is 4.90 Å². The van der Waals surface area contributed by atoms with Crippen LogP contribution in [0.25, 0.3) is 0 Å². The molecule has 3 fully saturated rings. The van der Waals surface area contributed by atoms with E-state index in [0.717, 1.165) is 31.6 Å². The van der Waals surface area contributed by atoms with Crippen molar-refractivity contribution in [1.82, 2.24) is 9.80 Å². The Bertz CT molecular complexity index is 778. The number of furan rings is 1. The largest absolute Gasteiger partial charge is 0.490 e. The van der Waals surface area contributed by atoms with Gasteiger partial charge in [0.2, 0.25) is 0 Å². The number of nitrogens with zero attached hydrogens (tertiary/aromatic N) is 2. The van der Waals surface area contributed by atoms with E-state index in [0.29, 0.717) is 18.9 Å². The lowest BCUT2D eigenvalue weighted by molar-refractivity contribution is -0.192. The summed E-state index contributed by atoms with van der Waals surface area (Å²) in [6.07, 6.45) is 1.09. The molecule has 0 spiro atoms. The minimum atomic E-state index is -5.08. The number of carboxylic acids is 1. The monoisotopic (exact) mass is 462 g/mol. The number of amides is 1. The molecular weight excluding hydrogens is 433 g/mol. The fourth-order valence-electron chi connectivity index (χ4n) is 4.41. The van der Waals surface area contributed by atoms with Crippen LogP contribution in [-0.4, -0.2) is 90.6 Å². The molecule has 32 heavy (non-hydrogen) atoms. The number of alkyl halides is 3. The van der Waals surface area contributed by atoms with Gasteiger partial charge < -0.3 is 28.8 Å². The summed E-state index contributed by atoms with van der Waals surface area (Å²) in [5, 5.41) is 7.12. The van der Waals surface area contributed by atoms with E-state index in [4.69, 9.17) is 23.8 Å². The minimum Gasteiger partial charge on any atom is -0.475 e. The minimum absolute atomic E-state index is 0.00783. The van der Waals surface area contributed by atoms with E-state index >= 15 is 0 Å². The van der Waals surface area contributed by atoms with E-state index in [-0.39, 0.29) is 24.2 Å². The van der Waals surface area contributed by atoms with Gasteiger partial charge in [-0.05, 0) is 51.8 Å². The van der Waals surface area contributed by atoms with E-state index in [1.165, 1.54) is 25.9 Å². The summed E-state index contributed by atoms with van der Waals surface area (Å²) in [5.74, 6) is -2.31. The summed E-state index contributed by atoms with van der Waals surface area (Å²) in [5.41, 5.74) is 0.893. The van der Waals surface area contributed by atoms with Crippen molar-refractivity contribution in [1.29, 1.82) is 0 Å². The number of halogens is 3. The zero-order chi connectivity index (χ0) is 23.3. The Morgan fingerprint density at radius 1 is 1.22 bits per heavy atom. The lowest BCUT2D eigenvalue weighted by Crippen LogP contribution is -2.54. The predicted octanol–water partition coefficient (Wildman–Crippen LogP) is 2.71. The molecule has 0 unspecified atom stereocenters. The molecule has 180 valence electrons. The first-order valence-electron chi connectivity index (χ1n) is 10.8. The molecular formula is C21H29F3N2O6. The molecule has 1 N–H and O–H groups in total. The fraction of sp³-hybridized carbons (Fsp3) is 0.714. The quantitative estimate of drug-likeness (QED) is 0.719. The number of aliphatic carboxylic acids is 1. The number of rotatable bonds is 5. The average molecular weight is 462 g/mol. The Labute approximate surface area is 184 Å². The molecule has 2 aliphatic heterocycles. The van der Waals surface area contributed by atoms with Crippen LogP contribution in [-0.2, 0) is 14.3 Å². The van der Waals surface area contributed by atoms with Gasteiger partial charge in [0.25, 0.3) is 5.91 Å². The molecule has 8 nitrogen and oxygen atoms in total. The second kappa shape index (κ2) is 10.7. The highest BCUT2D eigenvalue weighted by Crippen LogP contribution is 2.33. The Balaban J connectivity index is 0.000000360. The van der Waals surface area contributed by atoms with Gasteiger partial charge >= 0.3 is 12.1 Å². The van der Waals surface area contributed by atoms with Crippen LogP contribution in [0.2, 0.25) is 0 Å². The number of hydrogen-bond donors (Lipinski definition) is 1. The number of aryl methyl sites for hydroxylation is 1. The molecule has 4 rings (SSSR count). The summed E-state index contributed by atoms with van der Waals surface area (Å²) in [6.45, 7) is 7.25. The second-order valence-electron chi connectivity index (χ2n) is 8.17. The Hall–Kier alpha value is -2.11. The highest BCUT2D eigenvalue weighted by Gasteiger charge is 2.45. The maximum atomic E-state index is 12.8. The second-order valence-corrected chi connectivity index (χ2v) is 8.17. The predicted molar refractivity (Wildman–Crippen MR) is 106 cm³/mol. The van der Waals surface area contributed by atoms with Crippen molar-refractivity contribution in [2.24, 2.45) is 0 Å². The third-order valence-corrected chi connectivity index (χ3v) is 6.03. The molecule has 1 aromatic rings. The van der Waals surface area contributed by atoms with Crippen molar-refractivity contribution >= 4 is 11.9 Å². The zero-order valence-corrected chi connectivity index (χ0v) is 18.0. The summed E-state index contributed by atoms with van der Waals surface area (Å²) in [4.78, 5) is 26.1. The number of likely N-dealkylation sites (tertiary alicyclic amines) is 1. The van der Waals surface area contributed by atoms with E-state index in [1.807, 2.05) is 17.9 Å².